The summed E-state index contributed by atoms with van der Waals surface area (Å²) in [6, 6.07) is 7.95. The molecule has 10 heteroatoms. The van der Waals surface area contributed by atoms with Gasteiger partial charge in [0.15, 0.2) is 5.82 Å². The van der Waals surface area contributed by atoms with Gasteiger partial charge in [0, 0.05) is 42.8 Å². The van der Waals surface area contributed by atoms with Crippen LogP contribution >= 0.6 is 11.6 Å². The number of fused-ring (bicyclic) bond motifs is 2. The molecule has 2 aromatic carbocycles. The summed E-state index contributed by atoms with van der Waals surface area (Å²) in [6.45, 7) is 8.79. The minimum Gasteiger partial charge on any atom is -0.444 e. The molecule has 0 bridgehead atoms. The lowest BCUT2D eigenvalue weighted by Gasteiger charge is -2.41. The van der Waals surface area contributed by atoms with Gasteiger partial charge in [-0.1, -0.05) is 35.9 Å². The molecule has 37 heavy (non-hydrogen) atoms. The van der Waals surface area contributed by atoms with Gasteiger partial charge in [-0.15, -0.1) is 0 Å². The number of rotatable bonds is 2. The third kappa shape index (κ3) is 4.64. The third-order valence-electron chi connectivity index (χ3n) is 6.34. The van der Waals surface area contributed by atoms with Crippen LogP contribution in [0.15, 0.2) is 42.9 Å². The molecule has 3 heterocycles. The maximum absolute atomic E-state index is 15.9. The van der Waals surface area contributed by atoms with E-state index in [2.05, 4.69) is 15.0 Å². The molecule has 192 valence electrons. The van der Waals surface area contributed by atoms with Crippen molar-refractivity contribution in [2.75, 3.05) is 24.5 Å². The van der Waals surface area contributed by atoms with Crippen LogP contribution < -0.4 is 4.90 Å². The quantitative estimate of drug-likeness (QED) is 0.309. The first-order valence-corrected chi connectivity index (χ1v) is 12.3. The summed E-state index contributed by atoms with van der Waals surface area (Å²) in [7, 11) is 0. The summed E-state index contributed by atoms with van der Waals surface area (Å²) in [4.78, 5) is 29.3. The number of hydrogen-bond acceptors (Lipinski definition) is 6. The van der Waals surface area contributed by atoms with Crippen molar-refractivity contribution >= 4 is 45.2 Å². The Bertz CT molecular complexity index is 1520. The molecule has 1 aliphatic heterocycles. The standard InChI is InChI=1S/C27H26ClF2N5O2/c1-15-13-34(26(36)37-27(2,3)4)10-11-35(15)25-18-12-31-23(22(30)24(18)32-14-33-25)17-7-5-6-16-8-9-19(29)21(28)20(16)17/h5-9,12,14-15H,10-11,13H2,1-4H3/t15-/m1/s1. The molecular formula is C27H26ClF2N5O2. The number of ether oxygens (including phenoxy) is 1. The van der Waals surface area contributed by atoms with Crippen LogP contribution in [0.2, 0.25) is 5.02 Å². The van der Waals surface area contributed by atoms with Crippen LogP contribution in [0.5, 0.6) is 0 Å². The van der Waals surface area contributed by atoms with Gasteiger partial charge in [0.05, 0.1) is 10.4 Å². The van der Waals surface area contributed by atoms with E-state index in [0.717, 1.165) is 0 Å². The largest absolute Gasteiger partial charge is 0.444 e. The number of hydrogen-bond donors (Lipinski definition) is 0. The molecule has 1 atom stereocenters. The number of nitrogens with zero attached hydrogens (tertiary/aromatic N) is 5. The Morgan fingerprint density at radius 1 is 1.11 bits per heavy atom. The monoisotopic (exact) mass is 525 g/mol. The van der Waals surface area contributed by atoms with Crippen molar-refractivity contribution in [1.29, 1.82) is 0 Å². The van der Waals surface area contributed by atoms with Gasteiger partial charge in [-0.05, 0) is 39.1 Å². The van der Waals surface area contributed by atoms with E-state index in [9.17, 15) is 9.18 Å². The predicted molar refractivity (Wildman–Crippen MR) is 140 cm³/mol. The van der Waals surface area contributed by atoms with E-state index in [1.165, 1.54) is 18.6 Å². The highest BCUT2D eigenvalue weighted by atomic mass is 35.5. The molecule has 5 rings (SSSR count). The molecule has 4 aromatic rings. The molecule has 0 N–H and O–H groups in total. The molecule has 0 unspecified atom stereocenters. The number of aromatic nitrogens is 3. The van der Waals surface area contributed by atoms with Crippen LogP contribution in [0.1, 0.15) is 27.7 Å². The fourth-order valence-corrected chi connectivity index (χ4v) is 4.94. The molecule has 0 radical (unpaired) electrons. The highest BCUT2D eigenvalue weighted by Gasteiger charge is 2.31. The zero-order chi connectivity index (χ0) is 26.5. The Kier molecular flexibility index (Phi) is 6.35. The fraction of sp³-hybridized carbons (Fsp3) is 0.333. The van der Waals surface area contributed by atoms with Gasteiger partial charge in [0.25, 0.3) is 0 Å². The second-order valence-corrected chi connectivity index (χ2v) is 10.5. The number of anilines is 1. The van der Waals surface area contributed by atoms with E-state index in [1.807, 2.05) is 32.6 Å². The Morgan fingerprint density at radius 3 is 2.62 bits per heavy atom. The van der Waals surface area contributed by atoms with Gasteiger partial charge in [-0.3, -0.25) is 4.98 Å². The predicted octanol–water partition coefficient (Wildman–Crippen LogP) is 6.22. The van der Waals surface area contributed by atoms with Crippen LogP contribution in [-0.2, 0) is 4.74 Å². The average molecular weight is 526 g/mol. The Balaban J connectivity index is 1.52. The molecule has 1 fully saturated rings. The zero-order valence-corrected chi connectivity index (χ0v) is 21.7. The molecule has 1 amide bonds. The lowest BCUT2D eigenvalue weighted by atomic mass is 10.0. The Labute approximate surface area is 218 Å². The second kappa shape index (κ2) is 9.37. The van der Waals surface area contributed by atoms with E-state index in [0.29, 0.717) is 47.2 Å². The molecule has 2 aromatic heterocycles. The van der Waals surface area contributed by atoms with E-state index < -0.39 is 17.2 Å². The minimum absolute atomic E-state index is 0.0260. The molecule has 1 aliphatic rings. The molecule has 1 saturated heterocycles. The number of carbonyl (C=O) groups excluding carboxylic acids is 1. The smallest absolute Gasteiger partial charge is 0.410 e. The summed E-state index contributed by atoms with van der Waals surface area (Å²) < 4.78 is 35.7. The average Bonchev–Trinajstić information content (AvgIpc) is 2.85. The fourth-order valence-electron chi connectivity index (χ4n) is 4.67. The number of pyridine rings is 1. The molecule has 7 nitrogen and oxygen atoms in total. The number of halogens is 3. The van der Waals surface area contributed by atoms with Crippen LogP contribution in [0.4, 0.5) is 19.4 Å². The molecule has 0 aliphatic carbocycles. The topological polar surface area (TPSA) is 71.5 Å². The molecule has 0 saturated carbocycles. The highest BCUT2D eigenvalue weighted by molar-refractivity contribution is 6.36. The normalized spacial score (nSPS) is 16.5. The van der Waals surface area contributed by atoms with Gasteiger partial charge in [-0.25, -0.2) is 23.5 Å². The van der Waals surface area contributed by atoms with Gasteiger partial charge in [-0.2, -0.15) is 0 Å². The Morgan fingerprint density at radius 2 is 1.89 bits per heavy atom. The van der Waals surface area contributed by atoms with Crippen LogP contribution in [0.25, 0.3) is 32.9 Å². The molecular weight excluding hydrogens is 500 g/mol. The maximum atomic E-state index is 15.9. The van der Waals surface area contributed by atoms with Crippen LogP contribution in [-0.4, -0.2) is 57.2 Å². The first-order chi connectivity index (χ1) is 17.5. The van der Waals surface area contributed by atoms with E-state index in [1.54, 1.807) is 29.2 Å². The first-order valence-electron chi connectivity index (χ1n) is 12.0. The molecule has 0 spiro atoms. The van der Waals surface area contributed by atoms with Crippen molar-refractivity contribution in [3.8, 4) is 11.3 Å². The number of carbonyl (C=O) groups is 1. The second-order valence-electron chi connectivity index (χ2n) is 10.1. The van der Waals surface area contributed by atoms with Gasteiger partial charge >= 0.3 is 6.09 Å². The van der Waals surface area contributed by atoms with E-state index >= 15 is 4.39 Å². The summed E-state index contributed by atoms with van der Waals surface area (Å²) >= 11 is 6.27. The SMILES string of the molecule is C[C@@H]1CN(C(=O)OC(C)(C)C)CCN1c1ncnc2c(F)c(-c3cccc4ccc(F)c(Cl)c34)ncc12. The van der Waals surface area contributed by atoms with Crippen LogP contribution in [0, 0.1) is 11.6 Å². The van der Waals surface area contributed by atoms with Crippen LogP contribution in [0.3, 0.4) is 0 Å². The Hall–Kier alpha value is -3.59. The number of benzene rings is 2. The third-order valence-corrected chi connectivity index (χ3v) is 6.71. The lowest BCUT2D eigenvalue weighted by Crippen LogP contribution is -2.54. The lowest BCUT2D eigenvalue weighted by molar-refractivity contribution is 0.0218. The number of amides is 1. The first kappa shape index (κ1) is 25.1. The van der Waals surface area contributed by atoms with Gasteiger partial charge in [0.2, 0.25) is 0 Å². The highest BCUT2D eigenvalue weighted by Crippen LogP contribution is 2.37. The summed E-state index contributed by atoms with van der Waals surface area (Å²) in [6.07, 6.45) is 2.48. The van der Waals surface area contributed by atoms with E-state index in [4.69, 9.17) is 16.3 Å². The summed E-state index contributed by atoms with van der Waals surface area (Å²) in [5.41, 5.74) is -0.0818. The van der Waals surface area contributed by atoms with Crippen molar-refractivity contribution in [1.82, 2.24) is 19.9 Å². The minimum atomic E-state index is -0.644. The van der Waals surface area contributed by atoms with Crippen molar-refractivity contribution in [3.05, 3.63) is 59.5 Å². The number of piperazine rings is 1. The van der Waals surface area contributed by atoms with Crippen molar-refractivity contribution in [2.45, 2.75) is 39.3 Å². The summed E-state index contributed by atoms with van der Waals surface area (Å²) in [5.74, 6) is -0.706. The summed E-state index contributed by atoms with van der Waals surface area (Å²) in [5, 5.41) is 1.41. The van der Waals surface area contributed by atoms with E-state index in [-0.39, 0.29) is 28.4 Å². The maximum Gasteiger partial charge on any atom is 0.410 e. The zero-order valence-electron chi connectivity index (χ0n) is 20.9. The van der Waals surface area contributed by atoms with Crippen molar-refractivity contribution in [3.63, 3.8) is 0 Å². The van der Waals surface area contributed by atoms with Gasteiger partial charge < -0.3 is 14.5 Å². The van der Waals surface area contributed by atoms with Crippen molar-refractivity contribution in [2.24, 2.45) is 0 Å². The van der Waals surface area contributed by atoms with Crippen molar-refractivity contribution < 1.29 is 18.3 Å². The van der Waals surface area contributed by atoms with Gasteiger partial charge in [0.1, 0.15) is 34.8 Å².